The lowest BCUT2D eigenvalue weighted by molar-refractivity contribution is 0.413. The van der Waals surface area contributed by atoms with Gasteiger partial charge in [-0.1, -0.05) is 20.0 Å². The molecule has 0 amide bonds. The average Bonchev–Trinajstić information content (AvgIpc) is 2.36. The maximum atomic E-state index is 6.25. The van der Waals surface area contributed by atoms with Crippen molar-refractivity contribution in [2.75, 3.05) is 13.1 Å². The summed E-state index contributed by atoms with van der Waals surface area (Å²) in [4.78, 5) is 0. The molecule has 1 unspecified atom stereocenters. The standard InChI is InChI=1S/C13H33NOSi3/c1-13-11-14(17(4,5)12-13)9-8-10-18(6,7)15-16(2)3/h13,16H,8-12H2,1-7H3. The topological polar surface area (TPSA) is 12.5 Å². The van der Waals surface area contributed by atoms with Gasteiger partial charge in [-0.05, 0) is 63.7 Å². The first-order valence-corrected chi connectivity index (χ1v) is 16.6. The molecule has 18 heavy (non-hydrogen) atoms. The van der Waals surface area contributed by atoms with Crippen LogP contribution in [0.1, 0.15) is 13.3 Å². The van der Waals surface area contributed by atoms with Gasteiger partial charge in [-0.15, -0.1) is 0 Å². The highest BCUT2D eigenvalue weighted by atomic mass is 28.4. The molecule has 5 heteroatoms. The molecule has 1 atom stereocenters. The molecule has 0 aromatic rings. The van der Waals surface area contributed by atoms with Gasteiger partial charge in [-0.2, -0.15) is 0 Å². The molecular weight excluding hydrogens is 270 g/mol. The summed E-state index contributed by atoms with van der Waals surface area (Å²) in [5.41, 5.74) is 0. The SMILES string of the molecule is CC1CN(CCC[Si](C)(C)O[SiH](C)C)[Si](C)(C)C1. The average molecular weight is 304 g/mol. The first kappa shape index (κ1) is 16.6. The fourth-order valence-electron chi connectivity index (χ4n) is 3.46. The third-order valence-electron chi connectivity index (χ3n) is 4.00. The van der Waals surface area contributed by atoms with Gasteiger partial charge in [-0.3, -0.25) is 0 Å². The predicted octanol–water partition coefficient (Wildman–Crippen LogP) is 3.74. The van der Waals surface area contributed by atoms with Crippen molar-refractivity contribution < 1.29 is 4.12 Å². The minimum absolute atomic E-state index is 0.845. The van der Waals surface area contributed by atoms with Crippen LogP contribution >= 0.6 is 0 Å². The van der Waals surface area contributed by atoms with E-state index in [0.29, 0.717) is 0 Å². The van der Waals surface area contributed by atoms with E-state index in [1.165, 1.54) is 31.6 Å². The molecule has 0 saturated carbocycles. The molecule has 1 saturated heterocycles. The summed E-state index contributed by atoms with van der Waals surface area (Å²) < 4.78 is 9.07. The molecule has 0 spiro atoms. The van der Waals surface area contributed by atoms with Gasteiger partial charge in [0.1, 0.15) is 8.24 Å². The van der Waals surface area contributed by atoms with E-state index in [0.717, 1.165) is 5.92 Å². The molecule has 108 valence electrons. The largest absolute Gasteiger partial charge is 0.458 e. The van der Waals surface area contributed by atoms with Crippen LogP contribution < -0.4 is 0 Å². The van der Waals surface area contributed by atoms with Crippen molar-refractivity contribution >= 4 is 25.6 Å². The summed E-state index contributed by atoms with van der Waals surface area (Å²) in [6.07, 6.45) is 1.35. The highest BCUT2D eigenvalue weighted by Gasteiger charge is 2.38. The molecule has 2 nitrogen and oxygen atoms in total. The zero-order valence-electron chi connectivity index (χ0n) is 13.5. The molecule has 0 aromatic carbocycles. The molecular formula is C13H33NOSi3. The van der Waals surface area contributed by atoms with Crippen LogP contribution in [0.4, 0.5) is 0 Å². The normalized spacial score (nSPS) is 25.0. The lowest BCUT2D eigenvalue weighted by Gasteiger charge is -2.31. The number of hydrogen-bond donors (Lipinski definition) is 0. The van der Waals surface area contributed by atoms with E-state index in [1.807, 2.05) is 0 Å². The van der Waals surface area contributed by atoms with Gasteiger partial charge in [0.2, 0.25) is 0 Å². The van der Waals surface area contributed by atoms with E-state index in [-0.39, 0.29) is 0 Å². The number of rotatable bonds is 6. The highest BCUT2D eigenvalue weighted by molar-refractivity contribution is 6.77. The maximum absolute atomic E-state index is 6.25. The molecule has 0 N–H and O–H groups in total. The van der Waals surface area contributed by atoms with Crippen molar-refractivity contribution in [3.63, 3.8) is 0 Å². The Morgan fingerprint density at radius 2 is 1.94 bits per heavy atom. The summed E-state index contributed by atoms with van der Waals surface area (Å²) in [6.45, 7) is 19.6. The fourth-order valence-corrected chi connectivity index (χ4v) is 13.7. The quantitative estimate of drug-likeness (QED) is 0.693. The summed E-state index contributed by atoms with van der Waals surface area (Å²) in [5.74, 6) is 0.927. The molecule has 0 radical (unpaired) electrons. The lowest BCUT2D eigenvalue weighted by atomic mass is 10.2. The summed E-state index contributed by atoms with van der Waals surface area (Å²) in [6, 6.07) is 2.83. The molecule has 0 aromatic heterocycles. The Morgan fingerprint density at radius 3 is 2.39 bits per heavy atom. The first-order chi connectivity index (χ1) is 8.12. The maximum Gasteiger partial charge on any atom is 0.173 e. The van der Waals surface area contributed by atoms with Crippen LogP contribution in [0.2, 0.25) is 51.4 Å². The van der Waals surface area contributed by atoms with Crippen LogP contribution in [0.3, 0.4) is 0 Å². The minimum atomic E-state index is -1.35. The lowest BCUT2D eigenvalue weighted by Crippen LogP contribution is -2.44. The summed E-state index contributed by atoms with van der Waals surface area (Å²) in [7, 11) is -3.24. The van der Waals surface area contributed by atoms with Gasteiger partial charge >= 0.3 is 0 Å². The van der Waals surface area contributed by atoms with E-state index in [2.05, 4.69) is 50.8 Å². The second-order valence-corrected chi connectivity index (χ2v) is 19.3. The number of nitrogens with zero attached hydrogens (tertiary/aromatic N) is 1. The van der Waals surface area contributed by atoms with Crippen LogP contribution in [-0.2, 0) is 4.12 Å². The molecule has 0 bridgehead atoms. The Morgan fingerprint density at radius 1 is 1.33 bits per heavy atom. The van der Waals surface area contributed by atoms with Gasteiger partial charge in [0.05, 0.1) is 0 Å². The van der Waals surface area contributed by atoms with Crippen molar-refractivity contribution in [1.29, 1.82) is 0 Å². The van der Waals surface area contributed by atoms with E-state index in [1.54, 1.807) is 0 Å². The van der Waals surface area contributed by atoms with E-state index in [9.17, 15) is 0 Å². The Kier molecular flexibility index (Phi) is 5.86. The van der Waals surface area contributed by atoms with Crippen molar-refractivity contribution in [2.24, 2.45) is 5.92 Å². The van der Waals surface area contributed by atoms with Gasteiger partial charge in [0.15, 0.2) is 17.4 Å². The molecule has 0 aliphatic carbocycles. The van der Waals surface area contributed by atoms with Gasteiger partial charge < -0.3 is 8.68 Å². The van der Waals surface area contributed by atoms with Crippen LogP contribution in [0, 0.1) is 5.92 Å². The summed E-state index contributed by atoms with van der Waals surface area (Å²) >= 11 is 0. The molecule has 1 heterocycles. The van der Waals surface area contributed by atoms with Crippen molar-refractivity contribution in [1.82, 2.24) is 4.57 Å². The van der Waals surface area contributed by atoms with E-state index < -0.39 is 25.6 Å². The van der Waals surface area contributed by atoms with Gasteiger partial charge in [0.25, 0.3) is 0 Å². The molecule has 1 aliphatic heterocycles. The minimum Gasteiger partial charge on any atom is -0.458 e. The predicted molar refractivity (Wildman–Crippen MR) is 89.9 cm³/mol. The third-order valence-corrected chi connectivity index (χ3v) is 13.8. The Balaban J connectivity index is 2.33. The zero-order chi connectivity index (χ0) is 14.0. The Hall–Kier alpha value is 0.571. The van der Waals surface area contributed by atoms with Crippen LogP contribution in [-0.4, -0.2) is 43.2 Å². The van der Waals surface area contributed by atoms with Gasteiger partial charge in [0, 0.05) is 0 Å². The van der Waals surface area contributed by atoms with Crippen molar-refractivity contribution in [3.05, 3.63) is 0 Å². The fraction of sp³-hybridized carbons (Fsp3) is 1.00. The molecule has 1 rings (SSSR count). The monoisotopic (exact) mass is 303 g/mol. The van der Waals surface area contributed by atoms with Crippen LogP contribution in [0.25, 0.3) is 0 Å². The van der Waals surface area contributed by atoms with Crippen molar-refractivity contribution in [2.45, 2.75) is 64.7 Å². The molecule has 1 aliphatic rings. The summed E-state index contributed by atoms with van der Waals surface area (Å²) in [5, 5.41) is 0. The second-order valence-electron chi connectivity index (χ2n) is 7.60. The van der Waals surface area contributed by atoms with E-state index >= 15 is 0 Å². The Labute approximate surface area is 118 Å². The second kappa shape index (κ2) is 6.35. The smallest absolute Gasteiger partial charge is 0.173 e. The highest BCUT2D eigenvalue weighted by Crippen LogP contribution is 2.30. The zero-order valence-corrected chi connectivity index (χ0v) is 16.7. The molecule has 1 fully saturated rings. The first-order valence-electron chi connectivity index (χ1n) is 7.55. The van der Waals surface area contributed by atoms with Crippen LogP contribution in [0.5, 0.6) is 0 Å². The van der Waals surface area contributed by atoms with E-state index in [4.69, 9.17) is 4.12 Å². The van der Waals surface area contributed by atoms with Gasteiger partial charge in [-0.25, -0.2) is 0 Å². The number of hydrogen-bond acceptors (Lipinski definition) is 2. The van der Waals surface area contributed by atoms with Crippen LogP contribution in [0.15, 0.2) is 0 Å². The third kappa shape index (κ3) is 5.29. The Bertz CT molecular complexity index is 269. The van der Waals surface area contributed by atoms with Crippen molar-refractivity contribution in [3.8, 4) is 0 Å².